The number of nitrogens with two attached hydrogens (primary N) is 4. The van der Waals surface area contributed by atoms with Crippen molar-refractivity contribution in [2.45, 2.75) is 69.1 Å². The summed E-state index contributed by atoms with van der Waals surface area (Å²) in [6, 6.07) is 3.69. The highest BCUT2D eigenvalue weighted by atomic mass is 16.4. The van der Waals surface area contributed by atoms with Crippen molar-refractivity contribution in [3.8, 4) is 0 Å². The number of guanidine groups is 1. The molecule has 0 heterocycles. The smallest absolute Gasteiger partial charge is 0.326 e. The van der Waals surface area contributed by atoms with E-state index in [0.717, 1.165) is 0 Å². The van der Waals surface area contributed by atoms with Gasteiger partial charge in [0.1, 0.15) is 18.1 Å². The third kappa shape index (κ3) is 13.5. The van der Waals surface area contributed by atoms with Crippen molar-refractivity contribution in [3.05, 3.63) is 35.9 Å². The minimum absolute atomic E-state index is 0.00974. The van der Waals surface area contributed by atoms with Crippen LogP contribution in [0.15, 0.2) is 35.3 Å². The molecule has 0 fully saturated rings. The van der Waals surface area contributed by atoms with E-state index in [2.05, 4.69) is 20.9 Å². The summed E-state index contributed by atoms with van der Waals surface area (Å²) in [6.07, 6.45) is 0.815. The normalized spacial score (nSPS) is 13.7. The third-order valence-corrected chi connectivity index (χ3v) is 5.79. The Morgan fingerprint density at radius 2 is 1.35 bits per heavy atom. The van der Waals surface area contributed by atoms with Crippen LogP contribution in [0.3, 0.4) is 0 Å². The fourth-order valence-electron chi connectivity index (χ4n) is 3.69. The monoisotopic (exact) mass is 564 g/mol. The van der Waals surface area contributed by atoms with E-state index in [9.17, 15) is 29.1 Å². The van der Waals surface area contributed by atoms with Gasteiger partial charge in [-0.1, -0.05) is 30.3 Å². The first kappa shape index (κ1) is 33.8. The quantitative estimate of drug-likeness (QED) is 0.0491. The van der Waals surface area contributed by atoms with E-state index in [1.807, 2.05) is 0 Å². The topological polar surface area (TPSA) is 278 Å². The Morgan fingerprint density at radius 3 is 1.88 bits per heavy atom. The predicted molar refractivity (Wildman–Crippen MR) is 147 cm³/mol. The molecule has 0 saturated heterocycles. The molecule has 4 unspecified atom stereocenters. The summed E-state index contributed by atoms with van der Waals surface area (Å²) in [5.41, 5.74) is 22.5. The first-order chi connectivity index (χ1) is 18.9. The Hall–Kier alpha value is -4.24. The summed E-state index contributed by atoms with van der Waals surface area (Å²) in [6.45, 7) is 0.490. The second-order valence-electron chi connectivity index (χ2n) is 9.15. The summed E-state index contributed by atoms with van der Waals surface area (Å²) >= 11 is 0. The van der Waals surface area contributed by atoms with E-state index in [1.54, 1.807) is 30.3 Å². The Labute approximate surface area is 232 Å². The number of hydrogen-bond acceptors (Lipinski definition) is 8. The molecule has 0 radical (unpaired) electrons. The number of nitrogens with one attached hydrogen (secondary N) is 3. The zero-order valence-corrected chi connectivity index (χ0v) is 22.3. The third-order valence-electron chi connectivity index (χ3n) is 5.79. The number of amides is 3. The average Bonchev–Trinajstić information content (AvgIpc) is 2.89. The number of unbranched alkanes of at least 4 members (excludes halogenated alkanes) is 1. The van der Waals surface area contributed by atoms with Gasteiger partial charge in [-0.15, -0.1) is 0 Å². The maximum atomic E-state index is 13.2. The van der Waals surface area contributed by atoms with Crippen LogP contribution in [0.25, 0.3) is 0 Å². The van der Waals surface area contributed by atoms with Crippen LogP contribution < -0.4 is 38.9 Å². The van der Waals surface area contributed by atoms with Gasteiger partial charge >= 0.3 is 11.9 Å². The van der Waals surface area contributed by atoms with Gasteiger partial charge in [0.25, 0.3) is 0 Å². The van der Waals surface area contributed by atoms with Gasteiger partial charge in [-0.25, -0.2) is 4.79 Å². The number of hydrogen-bond donors (Lipinski definition) is 9. The van der Waals surface area contributed by atoms with Crippen LogP contribution in [0.1, 0.15) is 44.1 Å². The van der Waals surface area contributed by atoms with Gasteiger partial charge in [0, 0.05) is 13.0 Å². The molecule has 1 aromatic rings. The molecule has 4 atom stereocenters. The maximum Gasteiger partial charge on any atom is 0.326 e. The molecule has 15 heteroatoms. The number of carbonyl (C=O) groups excluding carboxylic acids is 3. The Balaban J connectivity index is 3.08. The molecule has 40 heavy (non-hydrogen) atoms. The van der Waals surface area contributed by atoms with Crippen LogP contribution >= 0.6 is 0 Å². The van der Waals surface area contributed by atoms with Crippen molar-refractivity contribution >= 4 is 35.6 Å². The number of aliphatic imine (C=N–C) groups is 1. The lowest BCUT2D eigenvalue weighted by Crippen LogP contribution is -2.57. The van der Waals surface area contributed by atoms with Gasteiger partial charge < -0.3 is 49.1 Å². The Bertz CT molecular complexity index is 1020. The number of aliphatic carboxylic acids is 2. The second-order valence-corrected chi connectivity index (χ2v) is 9.15. The van der Waals surface area contributed by atoms with E-state index in [0.29, 0.717) is 24.9 Å². The van der Waals surface area contributed by atoms with Gasteiger partial charge in [-0.2, -0.15) is 0 Å². The van der Waals surface area contributed by atoms with Crippen molar-refractivity contribution < 1.29 is 34.2 Å². The summed E-state index contributed by atoms with van der Waals surface area (Å²) in [4.78, 5) is 65.5. The van der Waals surface area contributed by atoms with Crippen LogP contribution in [0.2, 0.25) is 0 Å². The maximum absolute atomic E-state index is 13.2. The largest absolute Gasteiger partial charge is 0.481 e. The zero-order chi connectivity index (χ0) is 30.1. The van der Waals surface area contributed by atoms with Crippen molar-refractivity contribution in [2.24, 2.45) is 27.9 Å². The molecule has 0 aromatic heterocycles. The highest BCUT2D eigenvalue weighted by molar-refractivity contribution is 5.94. The lowest BCUT2D eigenvalue weighted by molar-refractivity contribution is -0.142. The number of nitrogens with zero attached hydrogens (tertiary/aromatic N) is 1. The molecular weight excluding hydrogens is 524 g/mol. The van der Waals surface area contributed by atoms with Crippen LogP contribution in [-0.2, 0) is 30.4 Å². The van der Waals surface area contributed by atoms with Gasteiger partial charge in [0.2, 0.25) is 17.7 Å². The van der Waals surface area contributed by atoms with Crippen molar-refractivity contribution in [2.75, 3.05) is 13.1 Å². The first-order valence-corrected chi connectivity index (χ1v) is 12.8. The highest BCUT2D eigenvalue weighted by Crippen LogP contribution is 2.08. The lowest BCUT2D eigenvalue weighted by Gasteiger charge is -2.25. The molecular formula is C25H40N8O7. The van der Waals surface area contributed by atoms with Crippen molar-refractivity contribution in [1.82, 2.24) is 16.0 Å². The molecule has 0 saturated carbocycles. The Morgan fingerprint density at radius 1 is 0.800 bits per heavy atom. The zero-order valence-electron chi connectivity index (χ0n) is 22.3. The molecule has 0 aliphatic carbocycles. The molecule has 0 aliphatic rings. The second kappa shape index (κ2) is 18.1. The molecule has 1 aromatic carbocycles. The van der Waals surface area contributed by atoms with Gasteiger partial charge in [-0.3, -0.25) is 24.2 Å². The van der Waals surface area contributed by atoms with E-state index >= 15 is 0 Å². The van der Waals surface area contributed by atoms with Crippen LogP contribution in [-0.4, -0.2) is 83.1 Å². The molecule has 0 aliphatic heterocycles. The van der Waals surface area contributed by atoms with E-state index < -0.39 is 60.2 Å². The molecule has 1 rings (SSSR count). The molecule has 15 nitrogen and oxygen atoms in total. The SMILES string of the molecule is NCCCCC(NC(=O)C(N)CC(=O)O)C(=O)NC(CCCN=C(N)N)C(=O)NC(Cc1ccccc1)C(=O)O. The number of carboxylic acids is 2. The summed E-state index contributed by atoms with van der Waals surface area (Å²) in [5, 5.41) is 26.1. The summed E-state index contributed by atoms with van der Waals surface area (Å²) in [7, 11) is 0. The molecule has 13 N–H and O–H groups in total. The molecule has 0 spiro atoms. The molecule has 222 valence electrons. The van der Waals surface area contributed by atoms with E-state index in [4.69, 9.17) is 28.0 Å². The number of rotatable bonds is 19. The minimum atomic E-state index is -1.39. The minimum Gasteiger partial charge on any atom is -0.481 e. The van der Waals surface area contributed by atoms with Crippen LogP contribution in [0, 0.1) is 0 Å². The number of carboxylic acid groups (broad SMARTS) is 2. The number of benzene rings is 1. The van der Waals surface area contributed by atoms with Crippen molar-refractivity contribution in [3.63, 3.8) is 0 Å². The Kier molecular flexibility index (Phi) is 15.3. The average molecular weight is 565 g/mol. The van der Waals surface area contributed by atoms with Gasteiger partial charge in [-0.05, 0) is 44.2 Å². The van der Waals surface area contributed by atoms with Crippen LogP contribution in [0.4, 0.5) is 0 Å². The summed E-state index contributed by atoms with van der Waals surface area (Å²) in [5.74, 6) is -5.03. The van der Waals surface area contributed by atoms with Gasteiger partial charge in [0.05, 0.1) is 12.5 Å². The molecule has 0 bridgehead atoms. The predicted octanol–water partition coefficient (Wildman–Crippen LogP) is -2.25. The van der Waals surface area contributed by atoms with Crippen LogP contribution in [0.5, 0.6) is 0 Å². The fourth-order valence-corrected chi connectivity index (χ4v) is 3.69. The lowest BCUT2D eigenvalue weighted by atomic mass is 10.0. The standard InChI is InChI=1S/C25H40N8O7/c26-11-5-4-9-17(31-21(36)16(27)14-20(34)35)22(37)32-18(10-6-12-30-25(28)29)23(38)33-19(24(39)40)13-15-7-2-1-3-8-15/h1-3,7-8,16-19H,4-6,9-14,26-27H2,(H,31,36)(H,32,37)(H,33,38)(H,34,35)(H,39,40)(H4,28,29,30). The van der Waals surface area contributed by atoms with Crippen molar-refractivity contribution in [1.29, 1.82) is 0 Å². The van der Waals surface area contributed by atoms with E-state index in [-0.39, 0.29) is 38.2 Å². The number of carbonyl (C=O) groups is 5. The molecule has 3 amide bonds. The highest BCUT2D eigenvalue weighted by Gasteiger charge is 2.30. The fraction of sp³-hybridized carbons (Fsp3) is 0.520. The van der Waals surface area contributed by atoms with Gasteiger partial charge in [0.15, 0.2) is 5.96 Å². The van der Waals surface area contributed by atoms with E-state index in [1.165, 1.54) is 0 Å². The summed E-state index contributed by atoms with van der Waals surface area (Å²) < 4.78 is 0. The first-order valence-electron chi connectivity index (χ1n) is 12.8.